The molecule has 24 heavy (non-hydrogen) atoms. The summed E-state index contributed by atoms with van der Waals surface area (Å²) in [5, 5.41) is 15.7. The smallest absolute Gasteiger partial charge is 0.335 e. The first-order valence-electron chi connectivity index (χ1n) is 7.02. The van der Waals surface area contributed by atoms with Gasteiger partial charge in [-0.1, -0.05) is 0 Å². The van der Waals surface area contributed by atoms with Gasteiger partial charge in [0.1, 0.15) is 12.1 Å². The van der Waals surface area contributed by atoms with Gasteiger partial charge in [0.25, 0.3) is 0 Å². The summed E-state index contributed by atoms with van der Waals surface area (Å²) in [6.45, 7) is 0. The van der Waals surface area contributed by atoms with E-state index < -0.39 is 5.97 Å². The third-order valence-electron chi connectivity index (χ3n) is 3.46. The number of rotatable bonds is 5. The molecule has 0 saturated carbocycles. The fourth-order valence-corrected chi connectivity index (χ4v) is 2.31. The largest absolute Gasteiger partial charge is 0.495 e. The molecule has 0 amide bonds. The fourth-order valence-electron chi connectivity index (χ4n) is 2.31. The Bertz CT molecular complexity index is 847. The third kappa shape index (κ3) is 2.84. The molecule has 0 saturated heterocycles. The van der Waals surface area contributed by atoms with Crippen molar-refractivity contribution in [3.8, 4) is 5.75 Å². The second kappa shape index (κ2) is 6.29. The van der Waals surface area contributed by atoms with E-state index in [0.717, 1.165) is 5.69 Å². The van der Waals surface area contributed by atoms with Crippen molar-refractivity contribution < 1.29 is 14.6 Å². The van der Waals surface area contributed by atoms with Crippen LogP contribution < -0.4 is 15.4 Å². The summed E-state index contributed by atoms with van der Waals surface area (Å²) >= 11 is 0. The summed E-state index contributed by atoms with van der Waals surface area (Å²) in [6.07, 6.45) is 1.39. The minimum absolute atomic E-state index is 0.200. The summed E-state index contributed by atoms with van der Waals surface area (Å²) in [7, 11) is 1.55. The normalized spacial score (nSPS) is 10.4. The molecule has 0 atom stereocenters. The number of H-pyrrole nitrogens is 1. The number of carboxylic acids is 1. The van der Waals surface area contributed by atoms with Gasteiger partial charge in [-0.2, -0.15) is 10.1 Å². The van der Waals surface area contributed by atoms with E-state index in [9.17, 15) is 4.79 Å². The lowest BCUT2D eigenvalue weighted by molar-refractivity contribution is 0.0697. The van der Waals surface area contributed by atoms with Crippen LogP contribution in [0.4, 0.5) is 23.0 Å². The molecule has 1 aromatic heterocycles. The number of anilines is 4. The number of hydrogen-bond acceptors (Lipinski definition) is 6. The molecule has 0 spiro atoms. The molecule has 8 heteroatoms. The van der Waals surface area contributed by atoms with Gasteiger partial charge in [0.2, 0.25) is 5.95 Å². The van der Waals surface area contributed by atoms with Crippen LogP contribution in [0.1, 0.15) is 10.4 Å². The Hall–Kier alpha value is -3.55. The van der Waals surface area contributed by atoms with Gasteiger partial charge in [-0.15, -0.1) is 0 Å². The van der Waals surface area contributed by atoms with Crippen molar-refractivity contribution in [1.82, 2.24) is 15.2 Å². The highest BCUT2D eigenvalue weighted by atomic mass is 16.5. The molecule has 0 radical (unpaired) electrons. The van der Waals surface area contributed by atoms with Gasteiger partial charge in [0, 0.05) is 5.69 Å². The van der Waals surface area contributed by atoms with Crippen molar-refractivity contribution in [2.24, 2.45) is 0 Å². The molecule has 8 nitrogen and oxygen atoms in total. The number of benzene rings is 2. The highest BCUT2D eigenvalue weighted by molar-refractivity contribution is 5.88. The van der Waals surface area contributed by atoms with Crippen molar-refractivity contribution in [2.45, 2.75) is 0 Å². The molecule has 3 rings (SSSR count). The number of methoxy groups -OCH3 is 1. The zero-order valence-electron chi connectivity index (χ0n) is 12.8. The molecule has 0 bridgehead atoms. The van der Waals surface area contributed by atoms with Crippen LogP contribution >= 0.6 is 0 Å². The Morgan fingerprint density at radius 2 is 1.92 bits per heavy atom. The average molecular weight is 325 g/mol. The standard InChI is InChI=1S/C16H15N5O3/c1-24-14-7-6-12(8-13(14)17)21(16-18-9-19-20-16)11-4-2-10(3-5-11)15(22)23/h2-9H,17H2,1H3,(H,22,23)(H,18,19,20). The van der Waals surface area contributed by atoms with E-state index in [0.29, 0.717) is 23.1 Å². The van der Waals surface area contributed by atoms with E-state index in [-0.39, 0.29) is 5.56 Å². The van der Waals surface area contributed by atoms with Crippen molar-refractivity contribution >= 4 is 29.0 Å². The van der Waals surface area contributed by atoms with Crippen molar-refractivity contribution in [3.05, 3.63) is 54.4 Å². The second-order valence-corrected chi connectivity index (χ2v) is 4.92. The highest BCUT2D eigenvalue weighted by Crippen LogP contribution is 2.35. The Balaban J connectivity index is 2.07. The van der Waals surface area contributed by atoms with Gasteiger partial charge >= 0.3 is 5.97 Å². The number of aromatic amines is 1. The highest BCUT2D eigenvalue weighted by Gasteiger charge is 2.16. The van der Waals surface area contributed by atoms with E-state index in [1.54, 1.807) is 36.3 Å². The van der Waals surface area contributed by atoms with Crippen LogP contribution in [-0.4, -0.2) is 33.4 Å². The second-order valence-electron chi connectivity index (χ2n) is 4.92. The Labute approximate surface area is 137 Å². The maximum atomic E-state index is 11.0. The Morgan fingerprint density at radius 3 is 2.46 bits per heavy atom. The van der Waals surface area contributed by atoms with E-state index >= 15 is 0 Å². The van der Waals surface area contributed by atoms with E-state index in [4.69, 9.17) is 15.6 Å². The number of nitrogens with two attached hydrogens (primary N) is 1. The van der Waals surface area contributed by atoms with Crippen LogP contribution in [0.5, 0.6) is 5.75 Å². The quantitative estimate of drug-likeness (QED) is 0.617. The number of nitrogens with one attached hydrogen (secondary N) is 1. The monoisotopic (exact) mass is 325 g/mol. The average Bonchev–Trinajstić information content (AvgIpc) is 3.10. The summed E-state index contributed by atoms with van der Waals surface area (Å²) < 4.78 is 5.17. The lowest BCUT2D eigenvalue weighted by Crippen LogP contribution is -2.12. The predicted molar refractivity (Wildman–Crippen MR) is 89.0 cm³/mol. The van der Waals surface area contributed by atoms with Crippen molar-refractivity contribution in [2.75, 3.05) is 17.7 Å². The van der Waals surface area contributed by atoms with Crippen molar-refractivity contribution in [1.29, 1.82) is 0 Å². The topological polar surface area (TPSA) is 117 Å². The van der Waals surface area contributed by atoms with Crippen LogP contribution in [-0.2, 0) is 0 Å². The number of carbonyl (C=O) groups is 1. The summed E-state index contributed by atoms with van der Waals surface area (Å²) in [6, 6.07) is 11.7. The SMILES string of the molecule is COc1ccc(N(c2ccc(C(=O)O)cc2)c2ncn[nH]2)cc1N. The molecule has 1 heterocycles. The number of ether oxygens (including phenoxy) is 1. The molecule has 2 aromatic carbocycles. The molecular weight excluding hydrogens is 310 g/mol. The van der Waals surface area contributed by atoms with Crippen LogP contribution in [0.15, 0.2) is 48.8 Å². The Kier molecular flexibility index (Phi) is 4.02. The maximum absolute atomic E-state index is 11.0. The van der Waals surface area contributed by atoms with Crippen molar-refractivity contribution in [3.63, 3.8) is 0 Å². The van der Waals surface area contributed by atoms with Gasteiger partial charge in [0.05, 0.1) is 24.0 Å². The van der Waals surface area contributed by atoms with Gasteiger partial charge in [-0.25, -0.2) is 9.89 Å². The van der Waals surface area contributed by atoms with Crippen LogP contribution in [0.2, 0.25) is 0 Å². The minimum Gasteiger partial charge on any atom is -0.495 e. The molecule has 0 fully saturated rings. The van der Waals surface area contributed by atoms with E-state index in [2.05, 4.69) is 15.2 Å². The van der Waals surface area contributed by atoms with Crippen LogP contribution in [0, 0.1) is 0 Å². The number of nitrogen functional groups attached to an aromatic ring is 1. The summed E-state index contributed by atoms with van der Waals surface area (Å²) in [5.74, 6) is 0.0570. The lowest BCUT2D eigenvalue weighted by atomic mass is 10.1. The number of aromatic nitrogens is 3. The molecule has 0 aliphatic carbocycles. The molecular formula is C16H15N5O3. The predicted octanol–water partition coefficient (Wildman–Crippen LogP) is 2.56. The Morgan fingerprint density at radius 1 is 1.21 bits per heavy atom. The number of nitrogens with zero attached hydrogens (tertiary/aromatic N) is 3. The van der Waals surface area contributed by atoms with Gasteiger partial charge in [-0.05, 0) is 42.5 Å². The minimum atomic E-state index is -0.985. The first-order chi connectivity index (χ1) is 11.6. The first kappa shape index (κ1) is 15.3. The zero-order valence-corrected chi connectivity index (χ0v) is 12.8. The van der Waals surface area contributed by atoms with Crippen LogP contribution in [0.3, 0.4) is 0 Å². The molecule has 122 valence electrons. The van der Waals surface area contributed by atoms with Gasteiger partial charge in [0.15, 0.2) is 0 Å². The number of carboxylic acid groups (broad SMARTS) is 1. The van der Waals surface area contributed by atoms with Gasteiger partial charge < -0.3 is 15.6 Å². The zero-order chi connectivity index (χ0) is 17.1. The van der Waals surface area contributed by atoms with Gasteiger partial charge in [-0.3, -0.25) is 4.90 Å². The fraction of sp³-hybridized carbons (Fsp3) is 0.0625. The van der Waals surface area contributed by atoms with E-state index in [1.165, 1.54) is 18.5 Å². The maximum Gasteiger partial charge on any atom is 0.335 e. The summed E-state index contributed by atoms with van der Waals surface area (Å²) in [4.78, 5) is 17.0. The molecule has 0 unspecified atom stereocenters. The van der Waals surface area contributed by atoms with E-state index in [1.807, 2.05) is 6.07 Å². The third-order valence-corrected chi connectivity index (χ3v) is 3.46. The number of hydrogen-bond donors (Lipinski definition) is 3. The number of aromatic carboxylic acids is 1. The molecule has 4 N–H and O–H groups in total. The summed E-state index contributed by atoms with van der Waals surface area (Å²) in [5.41, 5.74) is 8.10. The molecule has 0 aliphatic rings. The first-order valence-corrected chi connectivity index (χ1v) is 7.02. The lowest BCUT2D eigenvalue weighted by Gasteiger charge is -2.22. The molecule has 0 aliphatic heterocycles. The molecule has 3 aromatic rings. The van der Waals surface area contributed by atoms with Crippen LogP contribution in [0.25, 0.3) is 0 Å².